The summed E-state index contributed by atoms with van der Waals surface area (Å²) < 4.78 is 5.12. The largest absolute Gasteiger partial charge is 0.463 e. The van der Waals surface area contributed by atoms with E-state index in [9.17, 15) is 9.59 Å². The average Bonchev–Trinajstić information content (AvgIpc) is 2.93. The standard InChI is InChI=1S/C23H38O3/c1-4-5-6-7-8-11-14-20-17-18-22(24)21(20)15-12-9-10-13-16-23(25)26-19(2)3/h9,11-12,14,19-21H,4-8,10,13,15-18H2,1-3H3/b12-9-,14-11+/t20-,21-/m0/s1. The van der Waals surface area contributed by atoms with Crippen molar-refractivity contribution in [3.05, 3.63) is 24.3 Å². The highest BCUT2D eigenvalue weighted by molar-refractivity contribution is 5.83. The van der Waals surface area contributed by atoms with Gasteiger partial charge in [-0.15, -0.1) is 0 Å². The van der Waals surface area contributed by atoms with Gasteiger partial charge in [0.05, 0.1) is 6.10 Å². The molecule has 3 heteroatoms. The van der Waals surface area contributed by atoms with E-state index < -0.39 is 0 Å². The summed E-state index contributed by atoms with van der Waals surface area (Å²) in [5.41, 5.74) is 0. The minimum atomic E-state index is -0.122. The maximum atomic E-state index is 12.1. The van der Waals surface area contributed by atoms with Gasteiger partial charge in [-0.2, -0.15) is 0 Å². The van der Waals surface area contributed by atoms with Crippen LogP contribution >= 0.6 is 0 Å². The van der Waals surface area contributed by atoms with E-state index in [0.717, 1.165) is 38.5 Å². The zero-order valence-corrected chi connectivity index (χ0v) is 17.0. The zero-order valence-electron chi connectivity index (χ0n) is 17.0. The molecule has 1 saturated carbocycles. The van der Waals surface area contributed by atoms with E-state index in [2.05, 4.69) is 31.2 Å². The highest BCUT2D eigenvalue weighted by Crippen LogP contribution is 2.33. The van der Waals surface area contributed by atoms with Gasteiger partial charge in [0.2, 0.25) is 0 Å². The van der Waals surface area contributed by atoms with Crippen molar-refractivity contribution in [2.45, 2.75) is 97.5 Å². The van der Waals surface area contributed by atoms with Gasteiger partial charge in [-0.05, 0) is 58.3 Å². The van der Waals surface area contributed by atoms with Crippen molar-refractivity contribution in [3.63, 3.8) is 0 Å². The number of Topliss-reactive ketones (excluding diaryl/α,β-unsaturated/α-hetero) is 1. The third-order valence-electron chi connectivity index (χ3n) is 4.94. The Morgan fingerprint density at radius 2 is 1.88 bits per heavy atom. The number of ketones is 1. The third kappa shape index (κ3) is 9.94. The predicted octanol–water partition coefficient (Wildman–Crippen LogP) is 6.18. The summed E-state index contributed by atoms with van der Waals surface area (Å²) >= 11 is 0. The molecule has 0 heterocycles. The highest BCUT2D eigenvalue weighted by atomic mass is 16.5. The number of esters is 1. The lowest BCUT2D eigenvalue weighted by molar-refractivity contribution is -0.147. The van der Waals surface area contributed by atoms with E-state index in [1.165, 1.54) is 25.7 Å². The van der Waals surface area contributed by atoms with E-state index in [-0.39, 0.29) is 18.0 Å². The lowest BCUT2D eigenvalue weighted by Gasteiger charge is -2.12. The first-order chi connectivity index (χ1) is 12.5. The van der Waals surface area contributed by atoms with Gasteiger partial charge in [0.25, 0.3) is 0 Å². The molecule has 1 aliphatic carbocycles. The lowest BCUT2D eigenvalue weighted by atomic mass is 9.91. The molecular weight excluding hydrogens is 324 g/mol. The van der Waals surface area contributed by atoms with Crippen molar-refractivity contribution in [2.75, 3.05) is 0 Å². The average molecular weight is 363 g/mol. The predicted molar refractivity (Wildman–Crippen MR) is 108 cm³/mol. The molecule has 0 aromatic rings. The van der Waals surface area contributed by atoms with Crippen LogP contribution in [0.15, 0.2) is 24.3 Å². The second-order valence-corrected chi connectivity index (χ2v) is 7.69. The lowest BCUT2D eigenvalue weighted by Crippen LogP contribution is -2.12. The Morgan fingerprint density at radius 3 is 2.62 bits per heavy atom. The Hall–Kier alpha value is -1.38. The first kappa shape index (κ1) is 22.7. The quantitative estimate of drug-likeness (QED) is 0.223. The second kappa shape index (κ2) is 13.8. The number of carbonyl (C=O) groups excluding carboxylic acids is 2. The van der Waals surface area contributed by atoms with E-state index >= 15 is 0 Å². The molecule has 148 valence electrons. The van der Waals surface area contributed by atoms with Gasteiger partial charge in [0.1, 0.15) is 5.78 Å². The molecule has 1 fully saturated rings. The first-order valence-electron chi connectivity index (χ1n) is 10.6. The molecule has 0 saturated heterocycles. The molecule has 0 amide bonds. The normalized spacial score (nSPS) is 20.7. The van der Waals surface area contributed by atoms with Crippen LogP contribution < -0.4 is 0 Å². The number of unbranched alkanes of at least 4 members (excludes halogenated alkanes) is 5. The maximum absolute atomic E-state index is 12.1. The van der Waals surface area contributed by atoms with Gasteiger partial charge in [0, 0.05) is 18.8 Å². The molecule has 26 heavy (non-hydrogen) atoms. The van der Waals surface area contributed by atoms with Gasteiger partial charge >= 0.3 is 5.97 Å². The van der Waals surface area contributed by atoms with Crippen molar-refractivity contribution < 1.29 is 14.3 Å². The van der Waals surface area contributed by atoms with Gasteiger partial charge in [0.15, 0.2) is 0 Å². The van der Waals surface area contributed by atoms with E-state index in [1.54, 1.807) is 0 Å². The molecular formula is C23H38O3. The zero-order chi connectivity index (χ0) is 19.2. The van der Waals surface area contributed by atoms with Crippen LogP contribution in [0.1, 0.15) is 91.4 Å². The summed E-state index contributed by atoms with van der Waals surface area (Å²) in [6.07, 6.45) is 19.8. The van der Waals surface area contributed by atoms with Crippen LogP contribution in [-0.2, 0) is 14.3 Å². The van der Waals surface area contributed by atoms with Crippen LogP contribution in [0.25, 0.3) is 0 Å². The molecule has 0 N–H and O–H groups in total. The molecule has 0 aromatic heterocycles. The van der Waals surface area contributed by atoms with Crippen LogP contribution in [0.4, 0.5) is 0 Å². The fourth-order valence-corrected chi connectivity index (χ4v) is 3.48. The number of allylic oxidation sites excluding steroid dienone is 4. The van der Waals surface area contributed by atoms with Gasteiger partial charge in [-0.1, -0.05) is 50.5 Å². The van der Waals surface area contributed by atoms with Crippen molar-refractivity contribution in [1.82, 2.24) is 0 Å². The molecule has 2 atom stereocenters. The minimum Gasteiger partial charge on any atom is -0.463 e. The molecule has 0 aromatic carbocycles. The molecule has 0 radical (unpaired) electrons. The highest BCUT2D eigenvalue weighted by Gasteiger charge is 2.31. The number of hydrogen-bond donors (Lipinski definition) is 0. The fourth-order valence-electron chi connectivity index (χ4n) is 3.48. The minimum absolute atomic E-state index is 0.0388. The second-order valence-electron chi connectivity index (χ2n) is 7.69. The summed E-state index contributed by atoms with van der Waals surface area (Å²) in [6.45, 7) is 5.97. The Kier molecular flexibility index (Phi) is 12.0. The van der Waals surface area contributed by atoms with Crippen molar-refractivity contribution in [2.24, 2.45) is 11.8 Å². The summed E-state index contributed by atoms with van der Waals surface area (Å²) in [6, 6.07) is 0. The monoisotopic (exact) mass is 362 g/mol. The number of carbonyl (C=O) groups is 2. The Labute approximate surface area is 160 Å². The number of rotatable bonds is 13. The van der Waals surface area contributed by atoms with Gasteiger partial charge in [-0.25, -0.2) is 0 Å². The molecule has 3 nitrogen and oxygen atoms in total. The van der Waals surface area contributed by atoms with Gasteiger partial charge < -0.3 is 4.74 Å². The van der Waals surface area contributed by atoms with Crippen molar-refractivity contribution in [3.8, 4) is 0 Å². The third-order valence-corrected chi connectivity index (χ3v) is 4.94. The summed E-state index contributed by atoms with van der Waals surface area (Å²) in [7, 11) is 0. The number of hydrogen-bond acceptors (Lipinski definition) is 3. The molecule has 0 spiro atoms. The Balaban J connectivity index is 2.24. The topological polar surface area (TPSA) is 43.4 Å². The van der Waals surface area contributed by atoms with Crippen LogP contribution in [-0.4, -0.2) is 17.9 Å². The van der Waals surface area contributed by atoms with Crippen LogP contribution in [0, 0.1) is 11.8 Å². The van der Waals surface area contributed by atoms with Crippen molar-refractivity contribution >= 4 is 11.8 Å². The van der Waals surface area contributed by atoms with Crippen molar-refractivity contribution in [1.29, 1.82) is 0 Å². The summed E-state index contributed by atoms with van der Waals surface area (Å²) in [5, 5.41) is 0. The Bertz CT molecular complexity index is 462. The molecule has 0 aliphatic heterocycles. The maximum Gasteiger partial charge on any atom is 0.306 e. The van der Waals surface area contributed by atoms with Crippen LogP contribution in [0.5, 0.6) is 0 Å². The molecule has 1 aliphatic rings. The smallest absolute Gasteiger partial charge is 0.306 e. The molecule has 0 unspecified atom stereocenters. The van der Waals surface area contributed by atoms with E-state index in [0.29, 0.717) is 18.1 Å². The molecule has 0 bridgehead atoms. The van der Waals surface area contributed by atoms with Gasteiger partial charge in [-0.3, -0.25) is 9.59 Å². The number of ether oxygens (including phenoxy) is 1. The fraction of sp³-hybridized carbons (Fsp3) is 0.739. The van der Waals surface area contributed by atoms with E-state index in [1.807, 2.05) is 13.8 Å². The van der Waals surface area contributed by atoms with Crippen LogP contribution in [0.2, 0.25) is 0 Å². The van der Waals surface area contributed by atoms with Crippen LogP contribution in [0.3, 0.4) is 0 Å². The molecule has 1 rings (SSSR count). The Morgan fingerprint density at radius 1 is 1.12 bits per heavy atom. The first-order valence-corrected chi connectivity index (χ1v) is 10.6. The SMILES string of the molecule is CCCCCC/C=C/[C@H]1CCC(=O)[C@H]1C/C=C\CCCC(=O)OC(C)C. The van der Waals surface area contributed by atoms with E-state index in [4.69, 9.17) is 4.74 Å². The summed E-state index contributed by atoms with van der Waals surface area (Å²) in [5.74, 6) is 0.864. The summed E-state index contributed by atoms with van der Waals surface area (Å²) in [4.78, 5) is 23.6.